The van der Waals surface area contributed by atoms with Gasteiger partial charge in [-0.3, -0.25) is 5.10 Å². The number of hydrazine groups is 2. The molecule has 36 heavy (non-hydrogen) atoms. The van der Waals surface area contributed by atoms with Crippen LogP contribution in [0.15, 0.2) is 108 Å². The normalized spacial score (nSPS) is 24.0. The number of aromatic nitrogens is 5. The topological polar surface area (TPSA) is 105 Å². The molecule has 0 aliphatic carbocycles. The molecular formula is C25H22N8O2S. The number of rotatable bonds is 6. The van der Waals surface area contributed by atoms with Crippen LogP contribution in [0.5, 0.6) is 0 Å². The highest BCUT2D eigenvalue weighted by molar-refractivity contribution is 7.14. The largest absolute Gasteiger partial charge is 0.477 e. The Balaban J connectivity index is 1.60. The average Bonchev–Trinajstić information content (AvgIpc) is 3.73. The van der Waals surface area contributed by atoms with E-state index < -0.39 is 17.8 Å². The van der Waals surface area contributed by atoms with Crippen molar-refractivity contribution in [2.45, 2.75) is 17.8 Å². The van der Waals surface area contributed by atoms with Gasteiger partial charge >= 0.3 is 0 Å². The van der Waals surface area contributed by atoms with Crippen molar-refractivity contribution in [3.63, 3.8) is 0 Å². The molecule has 3 N–H and O–H groups in total. The lowest BCUT2D eigenvalue weighted by Gasteiger charge is -2.42. The third kappa shape index (κ3) is 2.93. The van der Waals surface area contributed by atoms with Crippen molar-refractivity contribution < 1.29 is 9.15 Å². The Bertz CT molecular complexity index is 1410. The van der Waals surface area contributed by atoms with Gasteiger partial charge in [0.1, 0.15) is 28.4 Å². The van der Waals surface area contributed by atoms with Crippen molar-refractivity contribution in [3.8, 4) is 0 Å². The lowest BCUT2D eigenvalue weighted by Crippen LogP contribution is -2.56. The van der Waals surface area contributed by atoms with Crippen LogP contribution in [0.25, 0.3) is 0 Å². The summed E-state index contributed by atoms with van der Waals surface area (Å²) in [7, 11) is 0. The Hall–Kier alpha value is -4.48. The van der Waals surface area contributed by atoms with Crippen LogP contribution in [0, 0.1) is 0 Å². The zero-order valence-corrected chi connectivity index (χ0v) is 19.7. The number of furan rings is 1. The van der Waals surface area contributed by atoms with Gasteiger partial charge in [-0.05, 0) is 60.0 Å². The Morgan fingerprint density at radius 3 is 2.67 bits per heavy atom. The smallest absolute Gasteiger partial charge is 0.191 e. The van der Waals surface area contributed by atoms with Crippen LogP contribution < -0.4 is 10.1 Å². The second-order valence-corrected chi connectivity index (χ2v) is 9.25. The van der Waals surface area contributed by atoms with Gasteiger partial charge in [0.25, 0.3) is 0 Å². The van der Waals surface area contributed by atoms with Crippen LogP contribution >= 0.6 is 11.3 Å². The number of anilines is 2. The van der Waals surface area contributed by atoms with E-state index in [2.05, 4.69) is 46.7 Å². The summed E-state index contributed by atoms with van der Waals surface area (Å²) in [5, 5.41) is 17.1. The van der Waals surface area contributed by atoms with E-state index in [1.165, 1.54) is 0 Å². The highest BCUT2D eigenvalue weighted by atomic mass is 32.1. The number of H-pyrrole nitrogens is 3. The molecule has 7 heterocycles. The minimum absolute atomic E-state index is 0.402. The van der Waals surface area contributed by atoms with Crippen LogP contribution in [-0.4, -0.2) is 36.4 Å². The molecule has 10 nitrogen and oxygen atoms in total. The zero-order valence-electron chi connectivity index (χ0n) is 18.9. The van der Waals surface area contributed by atoms with E-state index in [1.807, 2.05) is 67.0 Å². The molecule has 0 bridgehead atoms. The predicted octanol–water partition coefficient (Wildman–Crippen LogP) is 4.69. The molecule has 2 aliphatic heterocycles. The van der Waals surface area contributed by atoms with Crippen LogP contribution in [0.3, 0.4) is 0 Å². The van der Waals surface area contributed by atoms with Gasteiger partial charge in [0.15, 0.2) is 11.8 Å². The SMILES string of the molecule is C1=COC(N2N(c3cccs3)N(c3ccc[nH]3)C(c3ccn[nH]3)C2(c2ncc[nH]2)c2ccco2)C=C1. The van der Waals surface area contributed by atoms with Gasteiger partial charge in [0.2, 0.25) is 0 Å². The highest BCUT2D eigenvalue weighted by Gasteiger charge is 2.67. The van der Waals surface area contributed by atoms with Gasteiger partial charge in [0, 0.05) is 24.8 Å². The summed E-state index contributed by atoms with van der Waals surface area (Å²) in [5.41, 5.74) is -0.133. The molecule has 3 atom stereocenters. The quantitative estimate of drug-likeness (QED) is 0.312. The molecule has 7 rings (SSSR count). The van der Waals surface area contributed by atoms with E-state index in [1.54, 1.807) is 36.3 Å². The predicted molar refractivity (Wildman–Crippen MR) is 134 cm³/mol. The molecule has 3 unspecified atom stereocenters. The second kappa shape index (κ2) is 8.33. The van der Waals surface area contributed by atoms with E-state index >= 15 is 0 Å². The van der Waals surface area contributed by atoms with E-state index in [0.717, 1.165) is 16.5 Å². The zero-order chi connectivity index (χ0) is 24.0. The van der Waals surface area contributed by atoms with Gasteiger partial charge < -0.3 is 19.1 Å². The van der Waals surface area contributed by atoms with E-state index in [-0.39, 0.29) is 0 Å². The summed E-state index contributed by atoms with van der Waals surface area (Å²) in [6.45, 7) is 0. The fraction of sp³-hybridized carbons (Fsp3) is 0.120. The van der Waals surface area contributed by atoms with E-state index in [4.69, 9.17) is 14.1 Å². The number of ether oxygens (including phenoxy) is 1. The average molecular weight is 499 g/mol. The van der Waals surface area contributed by atoms with Gasteiger partial charge in [-0.2, -0.15) is 10.2 Å². The number of hydrogen-bond donors (Lipinski definition) is 3. The molecule has 0 aromatic carbocycles. The Morgan fingerprint density at radius 2 is 2.00 bits per heavy atom. The molecule has 0 radical (unpaired) electrons. The number of nitrogens with zero attached hydrogens (tertiary/aromatic N) is 5. The van der Waals surface area contributed by atoms with E-state index in [9.17, 15) is 0 Å². The molecular weight excluding hydrogens is 476 g/mol. The van der Waals surface area contributed by atoms with Crippen LogP contribution in [0.4, 0.5) is 10.8 Å². The number of hydrogen-bond acceptors (Lipinski definition) is 8. The number of aromatic amines is 3. The highest BCUT2D eigenvalue weighted by Crippen LogP contribution is 2.57. The van der Waals surface area contributed by atoms with Crippen molar-refractivity contribution in [1.82, 2.24) is 30.2 Å². The summed E-state index contributed by atoms with van der Waals surface area (Å²) in [6, 6.07) is 13.6. The van der Waals surface area contributed by atoms with Gasteiger partial charge in [0.05, 0.1) is 18.2 Å². The third-order valence-electron chi connectivity index (χ3n) is 6.44. The van der Waals surface area contributed by atoms with Crippen LogP contribution in [0.2, 0.25) is 0 Å². The first-order chi connectivity index (χ1) is 17.9. The van der Waals surface area contributed by atoms with Crippen molar-refractivity contribution in [1.29, 1.82) is 0 Å². The first-order valence-corrected chi connectivity index (χ1v) is 12.3. The summed E-state index contributed by atoms with van der Waals surface area (Å²) < 4.78 is 12.5. The van der Waals surface area contributed by atoms with Gasteiger partial charge in [-0.25, -0.2) is 9.99 Å². The Morgan fingerprint density at radius 1 is 1.00 bits per heavy atom. The van der Waals surface area contributed by atoms with Crippen LogP contribution in [-0.2, 0) is 10.3 Å². The lowest BCUT2D eigenvalue weighted by molar-refractivity contribution is -0.0357. The summed E-state index contributed by atoms with van der Waals surface area (Å²) in [5.74, 6) is 2.27. The maximum atomic E-state index is 6.25. The molecule has 180 valence electrons. The summed E-state index contributed by atoms with van der Waals surface area (Å²) >= 11 is 1.63. The summed E-state index contributed by atoms with van der Waals surface area (Å²) in [4.78, 5) is 11.6. The molecule has 11 heteroatoms. The fourth-order valence-electron chi connectivity index (χ4n) is 5.14. The molecule has 0 saturated carbocycles. The first-order valence-electron chi connectivity index (χ1n) is 11.5. The number of thiophene rings is 1. The van der Waals surface area contributed by atoms with Crippen molar-refractivity contribution in [3.05, 3.63) is 121 Å². The van der Waals surface area contributed by atoms with Crippen molar-refractivity contribution in [2.75, 3.05) is 10.1 Å². The fourth-order valence-corrected chi connectivity index (χ4v) is 5.86. The number of allylic oxidation sites excluding steroid dienone is 2. The number of nitrogens with one attached hydrogen (secondary N) is 3. The molecule has 1 fully saturated rings. The molecule has 2 aliphatic rings. The third-order valence-corrected chi connectivity index (χ3v) is 7.27. The van der Waals surface area contributed by atoms with E-state index in [0.29, 0.717) is 11.6 Å². The molecule has 5 aromatic rings. The standard InChI is InChI=1S/C25H22N8O2S/c1-2-15-35-21(8-1)32-25(19-6-4-16-34-19,24-27-13-14-28-24)23(18-10-12-29-30-18)31(20-7-3-11-26-20)33(32)22-9-5-17-36-22/h1-17,21,23,26H,(H,27,28)(H,29,30). The molecule has 0 spiro atoms. The Labute approximate surface area is 210 Å². The molecule has 1 saturated heterocycles. The minimum atomic E-state index is -1.01. The molecule has 5 aromatic heterocycles. The van der Waals surface area contributed by atoms with Gasteiger partial charge in [-0.15, -0.1) is 16.3 Å². The maximum Gasteiger partial charge on any atom is 0.191 e. The second-order valence-electron chi connectivity index (χ2n) is 8.32. The maximum absolute atomic E-state index is 6.25. The Kier molecular flexibility index (Phi) is 4.82. The van der Waals surface area contributed by atoms with Crippen molar-refractivity contribution >= 4 is 22.2 Å². The molecule has 0 amide bonds. The lowest BCUT2D eigenvalue weighted by atomic mass is 9.83. The van der Waals surface area contributed by atoms with Crippen LogP contribution in [0.1, 0.15) is 23.3 Å². The van der Waals surface area contributed by atoms with Gasteiger partial charge in [-0.1, -0.05) is 6.08 Å². The minimum Gasteiger partial charge on any atom is -0.477 e. The monoisotopic (exact) mass is 498 g/mol. The summed E-state index contributed by atoms with van der Waals surface area (Å²) in [6.07, 6.45) is 16.0. The van der Waals surface area contributed by atoms with Crippen molar-refractivity contribution in [2.24, 2.45) is 0 Å². The first kappa shape index (κ1) is 20.9. The number of imidazole rings is 1.